The first-order valence-corrected chi connectivity index (χ1v) is 7.72. The highest BCUT2D eigenvalue weighted by Gasteiger charge is 2.15. The number of imidazole rings is 1. The van der Waals surface area contributed by atoms with Crippen LogP contribution in [0, 0.1) is 0 Å². The van der Waals surface area contributed by atoms with Gasteiger partial charge in [0, 0.05) is 19.4 Å². The molecule has 0 aliphatic heterocycles. The standard InChI is InChI=1S/C11H14N6O3S/c1-16(21(2,19)20)7-10(18)15-9-5-13-11(14-6-9)17-4-3-12-8-17/h3-6,8H,7H2,1-2H3,(H,15,18). The molecule has 2 aromatic heterocycles. The van der Waals surface area contributed by atoms with Crippen LogP contribution in [-0.2, 0) is 14.8 Å². The van der Waals surface area contributed by atoms with Crippen LogP contribution in [-0.4, -0.2) is 58.0 Å². The van der Waals surface area contributed by atoms with Crippen LogP contribution in [0.5, 0.6) is 0 Å². The number of likely N-dealkylation sites (N-methyl/N-ethyl adjacent to an activating group) is 1. The van der Waals surface area contributed by atoms with Crippen molar-refractivity contribution in [1.82, 2.24) is 23.8 Å². The van der Waals surface area contributed by atoms with Gasteiger partial charge in [-0.2, -0.15) is 4.31 Å². The molecule has 0 aliphatic rings. The maximum absolute atomic E-state index is 11.7. The molecule has 2 heterocycles. The van der Waals surface area contributed by atoms with Crippen LogP contribution in [0.3, 0.4) is 0 Å². The Morgan fingerprint density at radius 3 is 2.57 bits per heavy atom. The van der Waals surface area contributed by atoms with Crippen LogP contribution in [0.25, 0.3) is 5.95 Å². The lowest BCUT2D eigenvalue weighted by Crippen LogP contribution is -2.34. The molecule has 9 nitrogen and oxygen atoms in total. The monoisotopic (exact) mass is 310 g/mol. The molecular weight excluding hydrogens is 296 g/mol. The highest BCUT2D eigenvalue weighted by atomic mass is 32.2. The Kier molecular flexibility index (Phi) is 4.29. The Morgan fingerprint density at radius 1 is 1.38 bits per heavy atom. The maximum Gasteiger partial charge on any atom is 0.239 e. The van der Waals surface area contributed by atoms with E-state index in [2.05, 4.69) is 20.3 Å². The van der Waals surface area contributed by atoms with Gasteiger partial charge in [0.2, 0.25) is 21.9 Å². The summed E-state index contributed by atoms with van der Waals surface area (Å²) >= 11 is 0. The van der Waals surface area contributed by atoms with Crippen molar-refractivity contribution in [3.05, 3.63) is 31.1 Å². The van der Waals surface area contributed by atoms with Crippen LogP contribution in [0.2, 0.25) is 0 Å². The van der Waals surface area contributed by atoms with Gasteiger partial charge in [0.15, 0.2) is 0 Å². The number of carbonyl (C=O) groups excluding carboxylic acids is 1. The molecule has 0 bridgehead atoms. The van der Waals surface area contributed by atoms with Gasteiger partial charge in [-0.3, -0.25) is 9.36 Å². The average molecular weight is 310 g/mol. The summed E-state index contributed by atoms with van der Waals surface area (Å²) in [6.07, 6.45) is 8.73. The highest BCUT2D eigenvalue weighted by molar-refractivity contribution is 7.88. The third-order valence-electron chi connectivity index (χ3n) is 2.59. The molecule has 0 aliphatic carbocycles. The second-order valence-electron chi connectivity index (χ2n) is 4.31. The smallest absolute Gasteiger partial charge is 0.239 e. The van der Waals surface area contributed by atoms with E-state index in [0.29, 0.717) is 11.6 Å². The summed E-state index contributed by atoms with van der Waals surface area (Å²) in [5.74, 6) is -0.0549. The van der Waals surface area contributed by atoms with E-state index in [4.69, 9.17) is 0 Å². The lowest BCUT2D eigenvalue weighted by atomic mass is 10.5. The fourth-order valence-electron chi connectivity index (χ4n) is 1.42. The molecule has 21 heavy (non-hydrogen) atoms. The fourth-order valence-corrected chi connectivity index (χ4v) is 1.77. The van der Waals surface area contributed by atoms with Crippen molar-refractivity contribution in [2.45, 2.75) is 0 Å². The summed E-state index contributed by atoms with van der Waals surface area (Å²) in [5, 5.41) is 2.52. The van der Waals surface area contributed by atoms with E-state index in [9.17, 15) is 13.2 Å². The van der Waals surface area contributed by atoms with E-state index in [1.54, 1.807) is 23.3 Å². The summed E-state index contributed by atoms with van der Waals surface area (Å²) in [7, 11) is -2.07. The Bertz CT molecular complexity index is 711. The molecule has 1 N–H and O–H groups in total. The van der Waals surface area contributed by atoms with Gasteiger partial charge >= 0.3 is 0 Å². The van der Waals surface area contributed by atoms with Crippen molar-refractivity contribution in [3.8, 4) is 5.95 Å². The van der Waals surface area contributed by atoms with Crippen LogP contribution in [0.4, 0.5) is 5.69 Å². The number of amides is 1. The number of nitrogens with one attached hydrogen (secondary N) is 1. The molecular formula is C11H14N6O3S. The highest BCUT2D eigenvalue weighted by Crippen LogP contribution is 2.06. The molecule has 0 aromatic carbocycles. The van der Waals surface area contributed by atoms with Gasteiger partial charge in [-0.15, -0.1) is 0 Å². The van der Waals surface area contributed by atoms with Crippen molar-refractivity contribution in [3.63, 3.8) is 0 Å². The zero-order valence-electron chi connectivity index (χ0n) is 11.5. The number of aromatic nitrogens is 4. The van der Waals surface area contributed by atoms with E-state index in [1.807, 2.05) is 0 Å². The third kappa shape index (κ3) is 4.07. The van der Waals surface area contributed by atoms with E-state index in [1.165, 1.54) is 19.4 Å². The van der Waals surface area contributed by atoms with Crippen molar-refractivity contribution in [2.24, 2.45) is 0 Å². The van der Waals surface area contributed by atoms with Gasteiger partial charge in [-0.1, -0.05) is 0 Å². The topological polar surface area (TPSA) is 110 Å². The van der Waals surface area contributed by atoms with Crippen LogP contribution in [0.1, 0.15) is 0 Å². The van der Waals surface area contributed by atoms with E-state index < -0.39 is 15.9 Å². The van der Waals surface area contributed by atoms with Crippen molar-refractivity contribution in [2.75, 3.05) is 25.2 Å². The molecule has 0 saturated carbocycles. The summed E-state index contributed by atoms with van der Waals surface area (Å²) < 4.78 is 25.0. The molecule has 1 amide bonds. The average Bonchev–Trinajstić information content (AvgIpc) is 2.92. The molecule has 0 saturated heterocycles. The Balaban J connectivity index is 1.99. The molecule has 2 rings (SSSR count). The molecule has 0 radical (unpaired) electrons. The largest absolute Gasteiger partial charge is 0.322 e. The van der Waals surface area contributed by atoms with E-state index in [-0.39, 0.29) is 6.54 Å². The number of hydrogen-bond acceptors (Lipinski definition) is 6. The predicted molar refractivity (Wildman–Crippen MR) is 75.3 cm³/mol. The van der Waals surface area contributed by atoms with Gasteiger partial charge in [-0.05, 0) is 0 Å². The van der Waals surface area contributed by atoms with Crippen molar-refractivity contribution in [1.29, 1.82) is 0 Å². The van der Waals surface area contributed by atoms with Crippen LogP contribution in [0.15, 0.2) is 31.1 Å². The van der Waals surface area contributed by atoms with Gasteiger partial charge in [0.05, 0.1) is 30.9 Å². The molecule has 2 aromatic rings. The minimum absolute atomic E-state index is 0.276. The quantitative estimate of drug-likeness (QED) is 0.796. The summed E-state index contributed by atoms with van der Waals surface area (Å²) in [6, 6.07) is 0. The maximum atomic E-state index is 11.7. The zero-order chi connectivity index (χ0) is 15.5. The predicted octanol–water partition coefficient (Wildman–Crippen LogP) is -0.508. The van der Waals surface area contributed by atoms with Gasteiger partial charge in [0.1, 0.15) is 6.33 Å². The molecule has 0 fully saturated rings. The number of sulfonamides is 1. The van der Waals surface area contributed by atoms with Gasteiger partial charge in [0.25, 0.3) is 0 Å². The molecule has 0 unspecified atom stereocenters. The molecule has 10 heteroatoms. The van der Waals surface area contributed by atoms with E-state index >= 15 is 0 Å². The fraction of sp³-hybridized carbons (Fsp3) is 0.273. The number of nitrogens with zero attached hydrogens (tertiary/aromatic N) is 5. The number of rotatable bonds is 5. The lowest BCUT2D eigenvalue weighted by molar-refractivity contribution is -0.116. The zero-order valence-corrected chi connectivity index (χ0v) is 12.3. The molecule has 0 spiro atoms. The van der Waals surface area contributed by atoms with Gasteiger partial charge in [-0.25, -0.2) is 23.4 Å². The number of anilines is 1. The first-order chi connectivity index (χ1) is 9.86. The Labute approximate surface area is 121 Å². The van der Waals surface area contributed by atoms with Crippen molar-refractivity contribution < 1.29 is 13.2 Å². The summed E-state index contributed by atoms with van der Waals surface area (Å²) in [4.78, 5) is 23.7. The van der Waals surface area contributed by atoms with Crippen LogP contribution < -0.4 is 5.32 Å². The second kappa shape index (κ2) is 5.97. The minimum Gasteiger partial charge on any atom is -0.322 e. The minimum atomic E-state index is -3.40. The summed E-state index contributed by atoms with van der Waals surface area (Å²) in [5.41, 5.74) is 0.380. The number of hydrogen-bond donors (Lipinski definition) is 1. The summed E-state index contributed by atoms with van der Waals surface area (Å²) in [6.45, 7) is -0.276. The number of carbonyl (C=O) groups is 1. The first kappa shape index (κ1) is 15.1. The molecule has 0 atom stereocenters. The Morgan fingerprint density at radius 2 is 2.05 bits per heavy atom. The lowest BCUT2D eigenvalue weighted by Gasteiger charge is -2.13. The normalized spacial score (nSPS) is 11.6. The Hall–Kier alpha value is -2.33. The van der Waals surface area contributed by atoms with E-state index in [0.717, 1.165) is 10.6 Å². The van der Waals surface area contributed by atoms with Gasteiger partial charge < -0.3 is 5.32 Å². The third-order valence-corrected chi connectivity index (χ3v) is 3.85. The molecule has 112 valence electrons. The van der Waals surface area contributed by atoms with Crippen molar-refractivity contribution >= 4 is 21.6 Å². The first-order valence-electron chi connectivity index (χ1n) is 5.88. The SMILES string of the molecule is CN(CC(=O)Nc1cnc(-n2ccnc2)nc1)S(C)(=O)=O. The van der Waals surface area contributed by atoms with Crippen LogP contribution >= 0.6 is 0 Å². The second-order valence-corrected chi connectivity index (χ2v) is 6.40.